The molecule has 228 valence electrons. The molecule has 0 fully saturated rings. The van der Waals surface area contributed by atoms with E-state index in [2.05, 4.69) is 20.6 Å². The summed E-state index contributed by atoms with van der Waals surface area (Å²) >= 11 is 2.69. The van der Waals surface area contributed by atoms with Crippen molar-refractivity contribution in [2.75, 3.05) is 12.9 Å². The number of halogens is 2. The SMILES string of the molecule is COc1ccccc1-n1c(CNC(=O)c2ccccc2F)nnc1SCC(=O)N1N=C(c2cccs2)C[C@@H]1c1ccc(F)cc1. The van der Waals surface area contributed by atoms with Crippen molar-refractivity contribution in [1.82, 2.24) is 25.1 Å². The first-order valence-corrected chi connectivity index (χ1v) is 15.7. The number of hydrazone groups is 1. The topological polar surface area (TPSA) is 102 Å². The van der Waals surface area contributed by atoms with Gasteiger partial charge in [-0.2, -0.15) is 5.10 Å². The number of para-hydroxylation sites is 2. The molecule has 1 aliphatic heterocycles. The minimum Gasteiger partial charge on any atom is -0.495 e. The Balaban J connectivity index is 1.26. The summed E-state index contributed by atoms with van der Waals surface area (Å²) in [6.07, 6.45) is 0.492. The van der Waals surface area contributed by atoms with Crippen LogP contribution in [0.15, 0.2) is 101 Å². The zero-order chi connectivity index (χ0) is 31.3. The zero-order valence-electron chi connectivity index (χ0n) is 23.9. The molecule has 9 nitrogen and oxygen atoms in total. The minimum atomic E-state index is -0.637. The molecule has 2 amide bonds. The van der Waals surface area contributed by atoms with Crippen molar-refractivity contribution >= 4 is 40.6 Å². The maximum Gasteiger partial charge on any atom is 0.254 e. The van der Waals surface area contributed by atoms with E-state index in [-0.39, 0.29) is 29.6 Å². The summed E-state index contributed by atoms with van der Waals surface area (Å²) < 4.78 is 35.2. The molecular weight excluding hydrogens is 619 g/mol. The van der Waals surface area contributed by atoms with Gasteiger partial charge in [0.25, 0.3) is 11.8 Å². The van der Waals surface area contributed by atoms with E-state index in [1.165, 1.54) is 53.8 Å². The number of carbonyl (C=O) groups is 2. The van der Waals surface area contributed by atoms with Crippen LogP contribution in [0.2, 0.25) is 0 Å². The van der Waals surface area contributed by atoms with E-state index < -0.39 is 17.8 Å². The molecule has 1 N–H and O–H groups in total. The van der Waals surface area contributed by atoms with Gasteiger partial charge in [-0.1, -0.05) is 54.2 Å². The van der Waals surface area contributed by atoms with Gasteiger partial charge in [0.05, 0.1) is 47.3 Å². The predicted octanol–water partition coefficient (Wildman–Crippen LogP) is 6.02. The number of rotatable bonds is 10. The lowest BCUT2D eigenvalue weighted by Gasteiger charge is -2.22. The number of aromatic nitrogens is 3. The molecule has 1 aliphatic rings. The van der Waals surface area contributed by atoms with E-state index in [1.807, 2.05) is 29.6 Å². The number of thioether (sulfide) groups is 1. The number of hydrogen-bond donors (Lipinski definition) is 1. The van der Waals surface area contributed by atoms with Gasteiger partial charge in [0, 0.05) is 6.42 Å². The van der Waals surface area contributed by atoms with Gasteiger partial charge in [0.1, 0.15) is 17.4 Å². The average Bonchev–Trinajstić information content (AvgIpc) is 3.83. The van der Waals surface area contributed by atoms with Crippen molar-refractivity contribution in [3.63, 3.8) is 0 Å². The van der Waals surface area contributed by atoms with Crippen LogP contribution in [0.25, 0.3) is 5.69 Å². The number of carbonyl (C=O) groups excluding carboxylic acids is 2. The maximum absolute atomic E-state index is 14.2. The summed E-state index contributed by atoms with van der Waals surface area (Å²) in [7, 11) is 1.53. The van der Waals surface area contributed by atoms with Crippen LogP contribution in [0.5, 0.6) is 5.75 Å². The molecule has 2 aromatic heterocycles. The lowest BCUT2D eigenvalue weighted by molar-refractivity contribution is -0.130. The van der Waals surface area contributed by atoms with Crippen LogP contribution < -0.4 is 10.1 Å². The highest BCUT2D eigenvalue weighted by atomic mass is 32.2. The number of nitrogens with one attached hydrogen (secondary N) is 1. The first-order valence-electron chi connectivity index (χ1n) is 13.8. The number of hydrogen-bond acceptors (Lipinski definition) is 8. The molecule has 0 unspecified atom stereocenters. The predicted molar refractivity (Wildman–Crippen MR) is 168 cm³/mol. The standard InChI is InChI=1S/C32H26F2N6O3S2/c1-43-27-10-5-4-9-25(27)39-29(18-35-31(42)22-7-2-3-8-23(22)34)36-37-32(39)45-19-30(41)40-26(20-12-14-21(33)15-13-20)17-24(38-40)28-11-6-16-44-28/h2-16,26H,17-19H2,1H3,(H,35,42)/t26-/m1/s1. The van der Waals surface area contributed by atoms with Crippen LogP contribution in [0.4, 0.5) is 8.78 Å². The molecule has 0 spiro atoms. The Kier molecular flexibility index (Phi) is 8.98. The number of nitrogens with zero attached hydrogens (tertiary/aromatic N) is 5. The maximum atomic E-state index is 14.2. The third-order valence-electron chi connectivity index (χ3n) is 7.10. The van der Waals surface area contributed by atoms with Crippen molar-refractivity contribution < 1.29 is 23.1 Å². The van der Waals surface area contributed by atoms with Gasteiger partial charge in [-0.3, -0.25) is 14.2 Å². The van der Waals surface area contributed by atoms with Gasteiger partial charge in [0.2, 0.25) is 0 Å². The van der Waals surface area contributed by atoms with E-state index in [4.69, 9.17) is 4.74 Å². The highest BCUT2D eigenvalue weighted by Crippen LogP contribution is 2.35. The minimum absolute atomic E-state index is 0.0339. The van der Waals surface area contributed by atoms with Crippen LogP contribution in [-0.4, -0.2) is 50.2 Å². The normalized spacial score (nSPS) is 14.3. The van der Waals surface area contributed by atoms with E-state index in [0.29, 0.717) is 28.8 Å². The van der Waals surface area contributed by atoms with Crippen molar-refractivity contribution in [2.24, 2.45) is 5.10 Å². The summed E-state index contributed by atoms with van der Waals surface area (Å²) in [6, 6.07) is 22.5. The number of ether oxygens (including phenoxy) is 1. The summed E-state index contributed by atoms with van der Waals surface area (Å²) in [5.74, 6) is -1.04. The van der Waals surface area contributed by atoms with E-state index in [9.17, 15) is 18.4 Å². The van der Waals surface area contributed by atoms with Crippen LogP contribution in [0.3, 0.4) is 0 Å². The van der Waals surface area contributed by atoms with Gasteiger partial charge >= 0.3 is 0 Å². The van der Waals surface area contributed by atoms with E-state index in [0.717, 1.165) is 27.9 Å². The van der Waals surface area contributed by atoms with Crippen LogP contribution in [-0.2, 0) is 11.3 Å². The van der Waals surface area contributed by atoms with E-state index in [1.54, 1.807) is 34.9 Å². The Hall–Kier alpha value is -4.88. The van der Waals surface area contributed by atoms with Crippen LogP contribution >= 0.6 is 23.1 Å². The molecule has 45 heavy (non-hydrogen) atoms. The fraction of sp³-hybridized carbons (Fsp3) is 0.156. The molecule has 0 bridgehead atoms. The monoisotopic (exact) mass is 644 g/mol. The molecule has 3 heterocycles. The molecule has 1 atom stereocenters. The van der Waals surface area contributed by atoms with Crippen LogP contribution in [0, 0.1) is 11.6 Å². The van der Waals surface area contributed by atoms with Crippen LogP contribution in [0.1, 0.15) is 39.1 Å². The highest BCUT2D eigenvalue weighted by Gasteiger charge is 2.34. The van der Waals surface area contributed by atoms with Crippen molar-refractivity contribution in [1.29, 1.82) is 0 Å². The Labute approximate surface area is 265 Å². The lowest BCUT2D eigenvalue weighted by atomic mass is 10.0. The number of amides is 2. The molecule has 13 heteroatoms. The molecule has 6 rings (SSSR count). The summed E-state index contributed by atoms with van der Waals surface area (Å²) in [5.41, 5.74) is 2.06. The fourth-order valence-corrected chi connectivity index (χ4v) is 6.47. The molecule has 5 aromatic rings. The van der Waals surface area contributed by atoms with Gasteiger partial charge in [-0.05, 0) is 53.4 Å². The smallest absolute Gasteiger partial charge is 0.254 e. The Morgan fingerprint density at radius 2 is 1.78 bits per heavy atom. The quantitative estimate of drug-likeness (QED) is 0.187. The highest BCUT2D eigenvalue weighted by molar-refractivity contribution is 7.99. The van der Waals surface area contributed by atoms with Gasteiger partial charge in [-0.15, -0.1) is 21.5 Å². The number of benzene rings is 3. The molecular formula is C32H26F2N6O3S2. The van der Waals surface area contributed by atoms with Crippen molar-refractivity contribution in [3.8, 4) is 11.4 Å². The first-order chi connectivity index (χ1) is 21.9. The molecule has 0 saturated carbocycles. The Morgan fingerprint density at radius 1 is 1.00 bits per heavy atom. The van der Waals surface area contributed by atoms with E-state index >= 15 is 0 Å². The Bertz CT molecular complexity index is 1860. The fourth-order valence-electron chi connectivity index (χ4n) is 4.93. The second kappa shape index (κ2) is 13.4. The van der Waals surface area contributed by atoms with Gasteiger partial charge in [0.15, 0.2) is 11.0 Å². The average molecular weight is 645 g/mol. The van der Waals surface area contributed by atoms with Gasteiger partial charge < -0.3 is 10.1 Å². The lowest BCUT2D eigenvalue weighted by Crippen LogP contribution is -2.28. The third kappa shape index (κ3) is 6.49. The third-order valence-corrected chi connectivity index (χ3v) is 8.94. The first kappa shape index (κ1) is 30.2. The Morgan fingerprint density at radius 3 is 2.53 bits per heavy atom. The second-order valence-electron chi connectivity index (χ2n) is 9.89. The largest absolute Gasteiger partial charge is 0.495 e. The number of thiophene rings is 1. The number of methoxy groups -OCH3 is 1. The van der Waals surface area contributed by atoms with Crippen molar-refractivity contribution in [2.45, 2.75) is 24.2 Å². The summed E-state index contributed by atoms with van der Waals surface area (Å²) in [6.45, 7) is -0.0695. The molecule has 0 aliphatic carbocycles. The molecule has 3 aromatic carbocycles. The summed E-state index contributed by atoms with van der Waals surface area (Å²) in [5, 5.41) is 19.8. The zero-order valence-corrected chi connectivity index (χ0v) is 25.5. The van der Waals surface area contributed by atoms with Gasteiger partial charge in [-0.25, -0.2) is 13.8 Å². The summed E-state index contributed by atoms with van der Waals surface area (Å²) in [4.78, 5) is 27.4. The molecule has 0 saturated heterocycles. The molecule has 0 radical (unpaired) electrons. The van der Waals surface area contributed by atoms with Crippen molar-refractivity contribution in [3.05, 3.63) is 124 Å². The second-order valence-corrected chi connectivity index (χ2v) is 11.8.